The van der Waals surface area contributed by atoms with Crippen molar-refractivity contribution in [3.8, 4) is 0 Å². The number of rotatable bonds is 3. The van der Waals surface area contributed by atoms with Gasteiger partial charge in [0, 0.05) is 30.7 Å². The maximum Gasteiger partial charge on any atom is 0.427 e. The minimum absolute atomic E-state index is 0. The van der Waals surface area contributed by atoms with Crippen LogP contribution in [0.25, 0.3) is 0 Å². The molecule has 2 heterocycles. The van der Waals surface area contributed by atoms with Crippen LogP contribution in [0.4, 0.5) is 13.2 Å². The standard InChI is InChI=1S/C15H15ClF3N3S.ClH/c16-11-4-2-1-3-10(11)12-7-20-5-6-22(12)9-14-21-8-13(23-14)15(17,18)19;/h1-4,8,12,20H,5-7,9H2;1H. The molecule has 24 heavy (non-hydrogen) atoms. The van der Waals surface area contributed by atoms with Gasteiger partial charge in [-0.15, -0.1) is 23.7 Å². The molecular formula is C15H16Cl2F3N3S. The minimum Gasteiger partial charge on any atom is -0.314 e. The molecule has 1 fully saturated rings. The Morgan fingerprint density at radius 1 is 1.33 bits per heavy atom. The third kappa shape index (κ3) is 4.40. The highest BCUT2D eigenvalue weighted by Crippen LogP contribution is 2.35. The lowest BCUT2D eigenvalue weighted by Gasteiger charge is -2.36. The van der Waals surface area contributed by atoms with Gasteiger partial charge in [-0.05, 0) is 11.6 Å². The summed E-state index contributed by atoms with van der Waals surface area (Å²) in [6.45, 7) is 2.62. The fraction of sp³-hybridized carbons (Fsp3) is 0.400. The van der Waals surface area contributed by atoms with Gasteiger partial charge in [0.2, 0.25) is 0 Å². The van der Waals surface area contributed by atoms with Crippen molar-refractivity contribution in [2.24, 2.45) is 0 Å². The van der Waals surface area contributed by atoms with E-state index in [1.165, 1.54) is 0 Å². The lowest BCUT2D eigenvalue weighted by molar-refractivity contribution is -0.134. The smallest absolute Gasteiger partial charge is 0.314 e. The molecule has 1 unspecified atom stereocenters. The number of hydrogen-bond acceptors (Lipinski definition) is 4. The van der Waals surface area contributed by atoms with Crippen molar-refractivity contribution in [2.75, 3.05) is 19.6 Å². The summed E-state index contributed by atoms with van der Waals surface area (Å²) in [6, 6.07) is 7.59. The van der Waals surface area contributed by atoms with Crippen molar-refractivity contribution in [1.29, 1.82) is 0 Å². The molecule has 0 bridgehead atoms. The van der Waals surface area contributed by atoms with Crippen LogP contribution in [-0.4, -0.2) is 29.5 Å². The largest absolute Gasteiger partial charge is 0.427 e. The molecule has 1 aromatic carbocycles. The van der Waals surface area contributed by atoms with Gasteiger partial charge in [0.05, 0.1) is 12.7 Å². The van der Waals surface area contributed by atoms with Crippen LogP contribution in [0.5, 0.6) is 0 Å². The number of piperazine rings is 1. The van der Waals surface area contributed by atoms with Gasteiger partial charge in [0.1, 0.15) is 9.88 Å². The Morgan fingerprint density at radius 3 is 2.75 bits per heavy atom. The van der Waals surface area contributed by atoms with Crippen molar-refractivity contribution in [2.45, 2.75) is 18.8 Å². The Bertz CT molecular complexity index is 678. The van der Waals surface area contributed by atoms with E-state index in [0.717, 1.165) is 24.8 Å². The molecule has 9 heteroatoms. The summed E-state index contributed by atoms with van der Waals surface area (Å²) in [4.78, 5) is 5.40. The fourth-order valence-electron chi connectivity index (χ4n) is 2.68. The van der Waals surface area contributed by atoms with Gasteiger partial charge in [-0.1, -0.05) is 29.8 Å². The van der Waals surface area contributed by atoms with Gasteiger partial charge in [0.25, 0.3) is 0 Å². The highest BCUT2D eigenvalue weighted by atomic mass is 35.5. The summed E-state index contributed by atoms with van der Waals surface area (Å²) >= 11 is 6.98. The maximum atomic E-state index is 12.7. The maximum absolute atomic E-state index is 12.7. The Kier molecular flexibility index (Phi) is 6.50. The molecule has 1 saturated heterocycles. The molecule has 0 aliphatic carbocycles. The van der Waals surface area contributed by atoms with E-state index in [1.807, 2.05) is 24.3 Å². The van der Waals surface area contributed by atoms with E-state index in [4.69, 9.17) is 11.6 Å². The van der Waals surface area contributed by atoms with Gasteiger partial charge in [0.15, 0.2) is 0 Å². The molecule has 2 aromatic rings. The SMILES string of the molecule is Cl.FC(F)(F)c1cnc(CN2CCNCC2c2ccccc2Cl)s1. The monoisotopic (exact) mass is 397 g/mol. The quantitative estimate of drug-likeness (QED) is 0.832. The molecule has 1 aliphatic heterocycles. The lowest BCUT2D eigenvalue weighted by Crippen LogP contribution is -2.45. The van der Waals surface area contributed by atoms with Gasteiger partial charge in [-0.25, -0.2) is 4.98 Å². The van der Waals surface area contributed by atoms with Crippen molar-refractivity contribution in [3.05, 3.63) is 50.9 Å². The third-order valence-corrected chi connectivity index (χ3v) is 5.16. The topological polar surface area (TPSA) is 28.2 Å². The molecule has 132 valence electrons. The Hall–Kier alpha value is -0.860. The van der Waals surface area contributed by atoms with E-state index < -0.39 is 11.1 Å². The van der Waals surface area contributed by atoms with E-state index in [0.29, 0.717) is 34.5 Å². The van der Waals surface area contributed by atoms with Crippen LogP contribution in [-0.2, 0) is 12.7 Å². The minimum atomic E-state index is -4.33. The van der Waals surface area contributed by atoms with Crippen molar-refractivity contribution >= 4 is 35.3 Å². The summed E-state index contributed by atoms with van der Waals surface area (Å²) in [5.41, 5.74) is 0.981. The van der Waals surface area contributed by atoms with E-state index in [2.05, 4.69) is 15.2 Å². The zero-order valence-corrected chi connectivity index (χ0v) is 14.9. The number of halogens is 5. The number of aromatic nitrogens is 1. The summed E-state index contributed by atoms with van der Waals surface area (Å²) < 4.78 is 38.1. The number of nitrogens with one attached hydrogen (secondary N) is 1. The van der Waals surface area contributed by atoms with Crippen LogP contribution < -0.4 is 5.32 Å². The number of benzene rings is 1. The summed E-state index contributed by atoms with van der Waals surface area (Å²) in [5, 5.41) is 4.45. The first-order chi connectivity index (χ1) is 10.9. The second-order valence-electron chi connectivity index (χ2n) is 5.33. The first-order valence-electron chi connectivity index (χ1n) is 7.16. The van der Waals surface area contributed by atoms with Crippen molar-refractivity contribution in [1.82, 2.24) is 15.2 Å². The van der Waals surface area contributed by atoms with E-state index in [9.17, 15) is 13.2 Å². The van der Waals surface area contributed by atoms with Gasteiger partial charge >= 0.3 is 6.18 Å². The zero-order chi connectivity index (χ0) is 16.4. The van der Waals surface area contributed by atoms with Gasteiger partial charge in [-0.2, -0.15) is 13.2 Å². The predicted molar refractivity (Wildman–Crippen MR) is 91.8 cm³/mol. The highest BCUT2D eigenvalue weighted by molar-refractivity contribution is 7.11. The summed E-state index contributed by atoms with van der Waals surface area (Å²) in [6.07, 6.45) is -3.42. The molecule has 3 nitrogen and oxygen atoms in total. The first kappa shape index (κ1) is 19.5. The first-order valence-corrected chi connectivity index (χ1v) is 8.35. The van der Waals surface area contributed by atoms with Crippen molar-refractivity contribution < 1.29 is 13.2 Å². The molecule has 0 radical (unpaired) electrons. The molecule has 1 N–H and O–H groups in total. The number of nitrogens with zero attached hydrogens (tertiary/aromatic N) is 2. The second-order valence-corrected chi connectivity index (χ2v) is 6.85. The summed E-state index contributed by atoms with van der Waals surface area (Å²) in [5.74, 6) is 0. The molecule has 1 aliphatic rings. The van der Waals surface area contributed by atoms with Crippen LogP contribution in [0.3, 0.4) is 0 Å². The Labute approximate surface area is 153 Å². The van der Waals surface area contributed by atoms with Crippen molar-refractivity contribution in [3.63, 3.8) is 0 Å². The van der Waals surface area contributed by atoms with Crippen LogP contribution in [0, 0.1) is 0 Å². The molecule has 0 spiro atoms. The second kappa shape index (κ2) is 8.01. The van der Waals surface area contributed by atoms with Crippen LogP contribution in [0.15, 0.2) is 30.5 Å². The van der Waals surface area contributed by atoms with Crippen LogP contribution in [0.1, 0.15) is 21.5 Å². The average Bonchev–Trinajstić information content (AvgIpc) is 2.97. The van der Waals surface area contributed by atoms with E-state index in [-0.39, 0.29) is 18.4 Å². The molecule has 1 atom stereocenters. The fourth-order valence-corrected chi connectivity index (χ4v) is 3.75. The lowest BCUT2D eigenvalue weighted by atomic mass is 10.0. The van der Waals surface area contributed by atoms with Gasteiger partial charge < -0.3 is 5.32 Å². The molecule has 1 aromatic heterocycles. The molecule has 0 amide bonds. The number of alkyl halides is 3. The van der Waals surface area contributed by atoms with Crippen LogP contribution >= 0.6 is 35.3 Å². The third-order valence-electron chi connectivity index (χ3n) is 3.79. The molecule has 0 saturated carbocycles. The Morgan fingerprint density at radius 2 is 2.08 bits per heavy atom. The molecule has 3 rings (SSSR count). The number of thiazole rings is 1. The zero-order valence-electron chi connectivity index (χ0n) is 12.5. The molecular weight excluding hydrogens is 382 g/mol. The number of hydrogen-bond donors (Lipinski definition) is 1. The average molecular weight is 398 g/mol. The van der Waals surface area contributed by atoms with E-state index in [1.54, 1.807) is 0 Å². The highest BCUT2D eigenvalue weighted by Gasteiger charge is 2.34. The normalized spacial score (nSPS) is 19.1. The predicted octanol–water partition coefficient (Wildman–Crippen LogP) is 4.38. The van der Waals surface area contributed by atoms with E-state index >= 15 is 0 Å². The Balaban J connectivity index is 0.00000208. The van der Waals surface area contributed by atoms with Crippen LogP contribution in [0.2, 0.25) is 5.02 Å². The summed E-state index contributed by atoms with van der Waals surface area (Å²) in [7, 11) is 0. The van der Waals surface area contributed by atoms with Gasteiger partial charge in [-0.3, -0.25) is 4.90 Å².